The number of halogens is 1. The Morgan fingerprint density at radius 1 is 1.03 bits per heavy atom. The first-order valence-electron chi connectivity index (χ1n) is 14.2. The van der Waals surface area contributed by atoms with Crippen LogP contribution in [0.25, 0.3) is 11.0 Å². The maximum absolute atomic E-state index is 13.5. The summed E-state index contributed by atoms with van der Waals surface area (Å²) in [5.74, 6) is 2.94. The predicted molar refractivity (Wildman–Crippen MR) is 150 cm³/mol. The molecule has 1 N–H and O–H groups in total. The number of phenolic OH excluding ortho intramolecular Hbond substituents is 1. The van der Waals surface area contributed by atoms with Crippen LogP contribution in [0, 0.1) is 11.7 Å². The SMILES string of the molecule is CC1=C(CCN2CCC(Cc3nc4cc(O)ccc4n3Cc3ccc(F)cc3)CC2)CN2CCCCC2=N1. The van der Waals surface area contributed by atoms with Gasteiger partial charge < -0.3 is 19.5 Å². The molecular formula is C31H38FN5O. The Labute approximate surface area is 224 Å². The van der Waals surface area contributed by atoms with E-state index in [4.69, 9.17) is 9.98 Å². The van der Waals surface area contributed by atoms with E-state index in [1.54, 1.807) is 12.1 Å². The van der Waals surface area contributed by atoms with E-state index in [0.717, 1.165) is 87.2 Å². The zero-order chi connectivity index (χ0) is 26.1. The van der Waals surface area contributed by atoms with Crippen molar-refractivity contribution in [1.82, 2.24) is 19.4 Å². The number of hydrogen-bond donors (Lipinski definition) is 1. The standard InChI is InChI=1S/C31H38FN5O/c1-22-25(21-36-14-3-2-4-30(36)33-22)13-17-35-15-11-23(12-16-35)18-31-34-28-19-27(38)9-10-29(28)37(31)20-24-5-7-26(32)8-6-24/h5-10,19,23,38H,2-4,11-18,20-21H2,1H3. The third-order valence-electron chi connectivity index (χ3n) is 8.61. The lowest BCUT2D eigenvalue weighted by molar-refractivity contribution is 0.183. The Hall–Kier alpha value is -3.19. The molecule has 0 atom stereocenters. The highest BCUT2D eigenvalue weighted by Gasteiger charge is 2.25. The zero-order valence-corrected chi connectivity index (χ0v) is 22.4. The second-order valence-electron chi connectivity index (χ2n) is 11.2. The zero-order valence-electron chi connectivity index (χ0n) is 22.4. The second kappa shape index (κ2) is 10.9. The molecule has 0 radical (unpaired) electrons. The van der Waals surface area contributed by atoms with Crippen molar-refractivity contribution in [2.24, 2.45) is 10.9 Å². The number of nitrogens with zero attached hydrogens (tertiary/aromatic N) is 5. The number of rotatable bonds is 7. The monoisotopic (exact) mass is 515 g/mol. The van der Waals surface area contributed by atoms with Gasteiger partial charge in [-0.15, -0.1) is 0 Å². The Morgan fingerprint density at radius 3 is 2.66 bits per heavy atom. The fourth-order valence-corrected chi connectivity index (χ4v) is 6.29. The topological polar surface area (TPSA) is 56.9 Å². The summed E-state index contributed by atoms with van der Waals surface area (Å²) in [6, 6.07) is 12.1. The van der Waals surface area contributed by atoms with Gasteiger partial charge in [0.05, 0.1) is 11.0 Å². The van der Waals surface area contributed by atoms with Gasteiger partial charge in [0.1, 0.15) is 23.2 Å². The van der Waals surface area contributed by atoms with Crippen molar-refractivity contribution in [3.8, 4) is 5.75 Å². The van der Waals surface area contributed by atoms with Crippen molar-refractivity contribution in [1.29, 1.82) is 0 Å². The Bertz CT molecular complexity index is 1350. The highest BCUT2D eigenvalue weighted by molar-refractivity contribution is 5.85. The van der Waals surface area contributed by atoms with Crippen LogP contribution in [-0.4, -0.2) is 63.0 Å². The maximum atomic E-state index is 13.5. The number of fused-ring (bicyclic) bond motifs is 2. The first-order valence-corrected chi connectivity index (χ1v) is 14.2. The molecule has 6 rings (SSSR count). The van der Waals surface area contributed by atoms with Crippen LogP contribution in [0.2, 0.25) is 0 Å². The number of benzene rings is 2. The molecule has 2 aromatic carbocycles. The minimum Gasteiger partial charge on any atom is -0.508 e. The molecule has 38 heavy (non-hydrogen) atoms. The molecule has 3 aliphatic rings. The van der Waals surface area contributed by atoms with Crippen molar-refractivity contribution < 1.29 is 9.50 Å². The van der Waals surface area contributed by atoms with Gasteiger partial charge in [-0.3, -0.25) is 0 Å². The lowest BCUT2D eigenvalue weighted by atomic mass is 9.92. The molecule has 4 heterocycles. The summed E-state index contributed by atoms with van der Waals surface area (Å²) in [7, 11) is 0. The fraction of sp³-hybridized carbons (Fsp3) is 0.484. The summed E-state index contributed by atoms with van der Waals surface area (Å²) in [6.07, 6.45) is 8.06. The summed E-state index contributed by atoms with van der Waals surface area (Å²) < 4.78 is 15.7. The number of amidine groups is 1. The van der Waals surface area contributed by atoms with E-state index in [9.17, 15) is 9.50 Å². The van der Waals surface area contributed by atoms with Gasteiger partial charge in [0, 0.05) is 50.8 Å². The van der Waals surface area contributed by atoms with E-state index < -0.39 is 0 Å². The van der Waals surface area contributed by atoms with Crippen LogP contribution in [0.3, 0.4) is 0 Å². The van der Waals surface area contributed by atoms with Gasteiger partial charge in [-0.1, -0.05) is 12.1 Å². The Kier molecular flexibility index (Phi) is 7.20. The van der Waals surface area contributed by atoms with Crippen LogP contribution in [-0.2, 0) is 13.0 Å². The molecule has 6 nitrogen and oxygen atoms in total. The summed E-state index contributed by atoms with van der Waals surface area (Å²) >= 11 is 0. The molecule has 0 aliphatic carbocycles. The molecule has 7 heteroatoms. The van der Waals surface area contributed by atoms with E-state index in [1.807, 2.05) is 18.2 Å². The van der Waals surface area contributed by atoms with E-state index >= 15 is 0 Å². The molecule has 0 bridgehead atoms. The van der Waals surface area contributed by atoms with Gasteiger partial charge in [0.25, 0.3) is 0 Å². The second-order valence-corrected chi connectivity index (χ2v) is 11.2. The predicted octanol–water partition coefficient (Wildman–Crippen LogP) is 5.75. The molecule has 1 aromatic heterocycles. The molecular weight excluding hydrogens is 477 g/mol. The average molecular weight is 516 g/mol. The molecule has 3 aromatic rings. The van der Waals surface area contributed by atoms with Crippen molar-refractivity contribution >= 4 is 16.9 Å². The number of likely N-dealkylation sites (tertiary alicyclic amines) is 1. The molecule has 2 fully saturated rings. The quantitative estimate of drug-likeness (QED) is 0.436. The first-order chi connectivity index (χ1) is 18.5. The number of aromatic hydroxyl groups is 1. The number of aromatic nitrogens is 2. The smallest absolute Gasteiger partial charge is 0.123 e. The van der Waals surface area contributed by atoms with Gasteiger partial charge >= 0.3 is 0 Å². The molecule has 0 spiro atoms. The van der Waals surface area contributed by atoms with E-state index in [1.165, 1.54) is 42.1 Å². The Morgan fingerprint density at radius 2 is 1.84 bits per heavy atom. The van der Waals surface area contributed by atoms with Gasteiger partial charge in [-0.05, 0) is 93.4 Å². The number of piperidine rings is 2. The van der Waals surface area contributed by atoms with Gasteiger partial charge in [0.15, 0.2) is 0 Å². The highest BCUT2D eigenvalue weighted by Crippen LogP contribution is 2.28. The molecule has 0 saturated carbocycles. The number of phenols is 1. The Balaban J connectivity index is 1.09. The van der Waals surface area contributed by atoms with Crippen LogP contribution >= 0.6 is 0 Å². The number of imidazole rings is 1. The van der Waals surface area contributed by atoms with Crippen molar-refractivity contribution in [3.05, 3.63) is 70.9 Å². The van der Waals surface area contributed by atoms with Crippen molar-refractivity contribution in [3.63, 3.8) is 0 Å². The van der Waals surface area contributed by atoms with E-state index in [-0.39, 0.29) is 11.6 Å². The molecule has 0 amide bonds. The summed E-state index contributed by atoms with van der Waals surface area (Å²) in [6.45, 7) is 8.42. The van der Waals surface area contributed by atoms with Crippen LogP contribution in [0.1, 0.15) is 56.8 Å². The van der Waals surface area contributed by atoms with Crippen molar-refractivity contribution in [2.45, 2.75) is 58.4 Å². The third-order valence-corrected chi connectivity index (χ3v) is 8.61. The largest absolute Gasteiger partial charge is 0.508 e. The summed E-state index contributed by atoms with van der Waals surface area (Å²) in [4.78, 5) is 15.0. The van der Waals surface area contributed by atoms with Crippen LogP contribution < -0.4 is 0 Å². The number of hydrogen-bond acceptors (Lipinski definition) is 5. The average Bonchev–Trinajstić information content (AvgIpc) is 3.25. The minimum absolute atomic E-state index is 0.222. The first kappa shape index (κ1) is 25.1. The van der Waals surface area contributed by atoms with E-state index in [2.05, 4.69) is 21.3 Å². The summed E-state index contributed by atoms with van der Waals surface area (Å²) in [5.41, 5.74) is 5.63. The highest BCUT2D eigenvalue weighted by atomic mass is 19.1. The van der Waals surface area contributed by atoms with Gasteiger partial charge in [-0.25, -0.2) is 14.4 Å². The number of allylic oxidation sites excluding steroid dienone is 1. The molecule has 0 unspecified atom stereocenters. The number of aliphatic imine (C=N–C) groups is 1. The van der Waals surface area contributed by atoms with Gasteiger partial charge in [-0.2, -0.15) is 0 Å². The minimum atomic E-state index is -0.222. The molecule has 200 valence electrons. The van der Waals surface area contributed by atoms with Crippen LogP contribution in [0.15, 0.2) is 58.7 Å². The third kappa shape index (κ3) is 5.48. The maximum Gasteiger partial charge on any atom is 0.123 e. The van der Waals surface area contributed by atoms with Crippen molar-refractivity contribution in [2.75, 3.05) is 32.7 Å². The van der Waals surface area contributed by atoms with Crippen LogP contribution in [0.4, 0.5) is 4.39 Å². The lowest BCUT2D eigenvalue weighted by Crippen LogP contribution is -2.40. The normalized spacial score (nSPS) is 19.2. The molecule has 3 aliphatic heterocycles. The lowest BCUT2D eigenvalue weighted by Gasteiger charge is -2.36. The molecule has 2 saturated heterocycles. The van der Waals surface area contributed by atoms with Crippen LogP contribution in [0.5, 0.6) is 5.75 Å². The fourth-order valence-electron chi connectivity index (χ4n) is 6.29. The van der Waals surface area contributed by atoms with Gasteiger partial charge in [0.2, 0.25) is 0 Å². The van der Waals surface area contributed by atoms with E-state index in [0.29, 0.717) is 12.5 Å². The summed E-state index contributed by atoms with van der Waals surface area (Å²) in [5, 5.41) is 10.0.